The quantitative estimate of drug-likeness (QED) is 0.781. The first kappa shape index (κ1) is 15.7. The molecule has 24 heavy (non-hydrogen) atoms. The van der Waals surface area contributed by atoms with E-state index in [1.54, 1.807) is 44.7 Å². The van der Waals surface area contributed by atoms with Gasteiger partial charge in [-0.3, -0.25) is 9.78 Å². The molecule has 3 rings (SSSR count). The molecular formula is C18H17N3O3. The summed E-state index contributed by atoms with van der Waals surface area (Å²) in [4.78, 5) is 20.8. The average molecular weight is 323 g/mol. The number of fused-ring (bicyclic) bond motifs is 1. The summed E-state index contributed by atoms with van der Waals surface area (Å²) in [6, 6.07) is 12.6. The Morgan fingerprint density at radius 3 is 2.67 bits per heavy atom. The van der Waals surface area contributed by atoms with Crippen LogP contribution in [0.1, 0.15) is 16.1 Å². The Balaban J connectivity index is 1.72. The van der Waals surface area contributed by atoms with Crippen molar-refractivity contribution in [3.05, 3.63) is 59.9 Å². The Kier molecular flexibility index (Phi) is 4.56. The second kappa shape index (κ2) is 6.95. The Hall–Kier alpha value is -3.15. The molecule has 1 aromatic carbocycles. The van der Waals surface area contributed by atoms with Crippen molar-refractivity contribution in [3.63, 3.8) is 0 Å². The molecule has 2 aromatic heterocycles. The number of hydrogen-bond donors (Lipinski definition) is 1. The van der Waals surface area contributed by atoms with E-state index in [2.05, 4.69) is 15.3 Å². The van der Waals surface area contributed by atoms with Crippen molar-refractivity contribution in [2.45, 2.75) is 6.54 Å². The fourth-order valence-corrected chi connectivity index (χ4v) is 2.35. The summed E-state index contributed by atoms with van der Waals surface area (Å²) in [7, 11) is 3.16. The van der Waals surface area contributed by atoms with Crippen LogP contribution in [-0.4, -0.2) is 30.1 Å². The molecule has 2 heterocycles. The molecule has 3 aromatic rings. The van der Waals surface area contributed by atoms with Gasteiger partial charge in [0.25, 0.3) is 5.91 Å². The van der Waals surface area contributed by atoms with E-state index < -0.39 is 0 Å². The highest BCUT2D eigenvalue weighted by atomic mass is 16.5. The van der Waals surface area contributed by atoms with E-state index in [9.17, 15) is 4.79 Å². The topological polar surface area (TPSA) is 73.3 Å². The van der Waals surface area contributed by atoms with Crippen molar-refractivity contribution in [3.8, 4) is 11.5 Å². The summed E-state index contributed by atoms with van der Waals surface area (Å²) in [5, 5.41) is 2.85. The molecule has 0 bridgehead atoms. The average Bonchev–Trinajstić information content (AvgIpc) is 2.65. The van der Waals surface area contributed by atoms with Crippen LogP contribution in [0.4, 0.5) is 0 Å². The molecule has 0 radical (unpaired) electrons. The van der Waals surface area contributed by atoms with Gasteiger partial charge in [0.15, 0.2) is 11.5 Å². The van der Waals surface area contributed by atoms with E-state index in [0.717, 1.165) is 11.1 Å². The first-order chi connectivity index (χ1) is 11.7. The van der Waals surface area contributed by atoms with Crippen LogP contribution in [0.2, 0.25) is 0 Å². The van der Waals surface area contributed by atoms with Crippen LogP contribution in [0.5, 0.6) is 11.5 Å². The SMILES string of the molecule is COc1ccc(CNC(=O)c2ccc3ncccc3n2)cc1OC. The zero-order valence-corrected chi connectivity index (χ0v) is 13.4. The number of methoxy groups -OCH3 is 2. The second-order valence-corrected chi connectivity index (χ2v) is 5.11. The number of aromatic nitrogens is 2. The number of nitrogens with one attached hydrogen (secondary N) is 1. The first-order valence-corrected chi connectivity index (χ1v) is 7.42. The van der Waals surface area contributed by atoms with Gasteiger partial charge in [-0.2, -0.15) is 0 Å². The molecular weight excluding hydrogens is 306 g/mol. The summed E-state index contributed by atoms with van der Waals surface area (Å²) in [6.45, 7) is 0.367. The van der Waals surface area contributed by atoms with Crippen LogP contribution in [0.15, 0.2) is 48.7 Å². The molecule has 6 heteroatoms. The lowest BCUT2D eigenvalue weighted by atomic mass is 10.2. The summed E-state index contributed by atoms with van der Waals surface area (Å²) in [5.41, 5.74) is 2.71. The number of ether oxygens (including phenoxy) is 2. The highest BCUT2D eigenvalue weighted by molar-refractivity contribution is 5.94. The molecule has 0 aliphatic heterocycles. The van der Waals surface area contributed by atoms with Gasteiger partial charge in [0.2, 0.25) is 0 Å². The van der Waals surface area contributed by atoms with E-state index in [4.69, 9.17) is 9.47 Å². The Morgan fingerprint density at radius 2 is 1.88 bits per heavy atom. The molecule has 6 nitrogen and oxygen atoms in total. The van der Waals surface area contributed by atoms with Gasteiger partial charge in [0.05, 0.1) is 25.3 Å². The Morgan fingerprint density at radius 1 is 1.04 bits per heavy atom. The van der Waals surface area contributed by atoms with Crippen molar-refractivity contribution in [1.82, 2.24) is 15.3 Å². The minimum absolute atomic E-state index is 0.240. The largest absolute Gasteiger partial charge is 0.493 e. The number of carbonyl (C=O) groups is 1. The standard InChI is InChI=1S/C18H17N3O3/c1-23-16-8-5-12(10-17(16)24-2)11-20-18(22)15-7-6-13-14(21-15)4-3-9-19-13/h3-10H,11H2,1-2H3,(H,20,22). The van der Waals surface area contributed by atoms with E-state index in [1.165, 1.54) is 0 Å². The predicted octanol–water partition coefficient (Wildman–Crippen LogP) is 2.58. The van der Waals surface area contributed by atoms with Crippen molar-refractivity contribution >= 4 is 16.9 Å². The summed E-state index contributed by atoms with van der Waals surface area (Å²) >= 11 is 0. The van der Waals surface area contributed by atoms with Crippen LogP contribution in [0.3, 0.4) is 0 Å². The molecule has 0 spiro atoms. The molecule has 1 amide bonds. The van der Waals surface area contributed by atoms with Crippen LogP contribution in [0.25, 0.3) is 11.0 Å². The highest BCUT2D eigenvalue weighted by Gasteiger charge is 2.10. The van der Waals surface area contributed by atoms with Crippen LogP contribution >= 0.6 is 0 Å². The fraction of sp³-hybridized carbons (Fsp3) is 0.167. The summed E-state index contributed by atoms with van der Waals surface area (Å²) in [6.07, 6.45) is 1.70. The molecule has 0 unspecified atom stereocenters. The van der Waals surface area contributed by atoms with Crippen molar-refractivity contribution < 1.29 is 14.3 Å². The van der Waals surface area contributed by atoms with Crippen LogP contribution < -0.4 is 14.8 Å². The summed E-state index contributed by atoms with van der Waals surface area (Å²) < 4.78 is 10.5. The van der Waals surface area contributed by atoms with Gasteiger partial charge in [0.1, 0.15) is 5.69 Å². The number of hydrogen-bond acceptors (Lipinski definition) is 5. The van der Waals surface area contributed by atoms with Gasteiger partial charge >= 0.3 is 0 Å². The molecule has 122 valence electrons. The number of amides is 1. The van der Waals surface area contributed by atoms with Gasteiger partial charge < -0.3 is 14.8 Å². The second-order valence-electron chi connectivity index (χ2n) is 5.11. The van der Waals surface area contributed by atoms with E-state index >= 15 is 0 Å². The predicted molar refractivity (Wildman–Crippen MR) is 90.3 cm³/mol. The van der Waals surface area contributed by atoms with Gasteiger partial charge in [-0.15, -0.1) is 0 Å². The van der Waals surface area contributed by atoms with E-state index in [-0.39, 0.29) is 5.91 Å². The lowest BCUT2D eigenvalue weighted by Gasteiger charge is -2.10. The number of benzene rings is 1. The van der Waals surface area contributed by atoms with Crippen LogP contribution in [-0.2, 0) is 6.54 Å². The zero-order valence-electron chi connectivity index (χ0n) is 13.4. The third-order valence-electron chi connectivity index (χ3n) is 3.59. The lowest BCUT2D eigenvalue weighted by Crippen LogP contribution is -2.23. The molecule has 0 saturated heterocycles. The van der Waals surface area contributed by atoms with E-state index in [1.807, 2.05) is 18.2 Å². The highest BCUT2D eigenvalue weighted by Crippen LogP contribution is 2.27. The molecule has 0 atom stereocenters. The monoisotopic (exact) mass is 323 g/mol. The Labute approximate surface area is 139 Å². The maximum absolute atomic E-state index is 12.3. The molecule has 0 aliphatic carbocycles. The maximum atomic E-state index is 12.3. The molecule has 0 fully saturated rings. The molecule has 0 aliphatic rings. The Bertz CT molecular complexity index is 880. The van der Waals surface area contributed by atoms with Gasteiger partial charge in [-0.25, -0.2) is 4.98 Å². The van der Waals surface area contributed by atoms with Gasteiger partial charge in [0, 0.05) is 12.7 Å². The fourth-order valence-electron chi connectivity index (χ4n) is 2.35. The van der Waals surface area contributed by atoms with Crippen LogP contribution in [0, 0.1) is 0 Å². The molecule has 0 saturated carbocycles. The third kappa shape index (κ3) is 3.27. The number of rotatable bonds is 5. The number of nitrogens with zero attached hydrogens (tertiary/aromatic N) is 2. The van der Waals surface area contributed by atoms with Gasteiger partial charge in [-0.05, 0) is 42.0 Å². The first-order valence-electron chi connectivity index (χ1n) is 7.42. The normalized spacial score (nSPS) is 10.4. The lowest BCUT2D eigenvalue weighted by molar-refractivity contribution is 0.0946. The minimum Gasteiger partial charge on any atom is -0.493 e. The third-order valence-corrected chi connectivity index (χ3v) is 3.59. The number of pyridine rings is 2. The maximum Gasteiger partial charge on any atom is 0.270 e. The van der Waals surface area contributed by atoms with Crippen molar-refractivity contribution in [2.24, 2.45) is 0 Å². The summed E-state index contributed by atoms with van der Waals surface area (Å²) in [5.74, 6) is 1.03. The van der Waals surface area contributed by atoms with Crippen molar-refractivity contribution in [1.29, 1.82) is 0 Å². The van der Waals surface area contributed by atoms with Gasteiger partial charge in [-0.1, -0.05) is 6.07 Å². The van der Waals surface area contributed by atoms with Crippen molar-refractivity contribution in [2.75, 3.05) is 14.2 Å². The smallest absolute Gasteiger partial charge is 0.270 e. The van der Waals surface area contributed by atoms with E-state index in [0.29, 0.717) is 29.3 Å². The molecule has 1 N–H and O–H groups in total. The minimum atomic E-state index is -0.240. The number of carbonyl (C=O) groups excluding carboxylic acids is 1. The zero-order chi connectivity index (χ0) is 16.9.